The third kappa shape index (κ3) is 5.47. The molecule has 3 heterocycles. The summed E-state index contributed by atoms with van der Waals surface area (Å²) in [6.45, 7) is 3.51. The summed E-state index contributed by atoms with van der Waals surface area (Å²) in [5, 5.41) is 16.2. The van der Waals surface area contributed by atoms with Crippen LogP contribution in [0.3, 0.4) is 0 Å². The Morgan fingerprint density at radius 1 is 1.17 bits per heavy atom. The molecule has 0 aliphatic rings. The Balaban J connectivity index is 1.32. The summed E-state index contributed by atoms with van der Waals surface area (Å²) in [7, 11) is 0. The summed E-state index contributed by atoms with van der Waals surface area (Å²) in [5.41, 5.74) is 2.72. The number of rotatable bonds is 9. The molecule has 4 rings (SSSR count). The first kappa shape index (κ1) is 23.5. The normalized spacial score (nSPS) is 10.7. The molecular formula is C25H23N5O5. The van der Waals surface area contributed by atoms with Gasteiger partial charge in [-0.2, -0.15) is 10.2 Å². The average molecular weight is 473 g/mol. The largest absolute Gasteiger partial charge is 0.467 e. The number of aryl methyl sites for hydroxylation is 1. The second-order valence-corrected chi connectivity index (χ2v) is 7.80. The maximum Gasteiger partial charge on any atom is 0.306 e. The van der Waals surface area contributed by atoms with Crippen LogP contribution in [0.4, 0.5) is 5.82 Å². The van der Waals surface area contributed by atoms with Crippen molar-refractivity contribution in [3.63, 3.8) is 0 Å². The van der Waals surface area contributed by atoms with Gasteiger partial charge in [0.15, 0.2) is 6.61 Å². The molecule has 0 radical (unpaired) electrons. The van der Waals surface area contributed by atoms with Crippen LogP contribution in [-0.4, -0.2) is 33.2 Å². The van der Waals surface area contributed by atoms with Gasteiger partial charge in [0.25, 0.3) is 5.91 Å². The molecule has 0 spiro atoms. The second-order valence-electron chi connectivity index (χ2n) is 7.80. The van der Waals surface area contributed by atoms with Gasteiger partial charge < -0.3 is 23.6 Å². The lowest BCUT2D eigenvalue weighted by molar-refractivity contribution is -0.147. The number of hydrogen-bond acceptors (Lipinski definition) is 8. The van der Waals surface area contributed by atoms with Crippen LogP contribution in [0.1, 0.15) is 34.9 Å². The summed E-state index contributed by atoms with van der Waals surface area (Å²) in [6, 6.07) is 15.0. The summed E-state index contributed by atoms with van der Waals surface area (Å²) < 4.78 is 17.5. The highest BCUT2D eigenvalue weighted by Crippen LogP contribution is 2.27. The monoisotopic (exact) mass is 473 g/mol. The van der Waals surface area contributed by atoms with Crippen LogP contribution < -0.4 is 5.32 Å². The molecule has 35 heavy (non-hydrogen) atoms. The zero-order valence-corrected chi connectivity index (χ0v) is 19.3. The highest BCUT2D eigenvalue weighted by Gasteiger charge is 2.21. The fourth-order valence-electron chi connectivity index (χ4n) is 3.54. The van der Waals surface area contributed by atoms with Crippen LogP contribution >= 0.6 is 0 Å². The molecule has 1 amide bonds. The standard InChI is InChI=1S/C25H23N5O5/c1-16-17(2)30(14-19-9-6-12-33-19)25(20(16)13-26)27-21(31)15-34-23(32)11-10-22-28-24(29-35-22)18-7-4-3-5-8-18/h3-9,12H,10-11,14-15H2,1-2H3,(H,27,31). The van der Waals surface area contributed by atoms with E-state index in [9.17, 15) is 14.9 Å². The van der Waals surface area contributed by atoms with Gasteiger partial charge in [-0.05, 0) is 31.5 Å². The maximum absolute atomic E-state index is 12.5. The SMILES string of the molecule is Cc1c(C#N)c(NC(=O)COC(=O)CCc2nc(-c3ccccc3)no2)n(Cc2ccco2)c1C. The Bertz CT molecular complexity index is 1360. The number of furan rings is 1. The second kappa shape index (κ2) is 10.5. The predicted octanol–water partition coefficient (Wildman–Crippen LogP) is 3.78. The van der Waals surface area contributed by atoms with Gasteiger partial charge in [0.1, 0.15) is 17.6 Å². The number of carbonyl (C=O) groups excluding carboxylic acids is 2. The first-order valence-electron chi connectivity index (χ1n) is 10.9. The minimum absolute atomic E-state index is 0.0275. The highest BCUT2D eigenvalue weighted by atomic mass is 16.5. The number of nitrogens with one attached hydrogen (secondary N) is 1. The van der Waals surface area contributed by atoms with E-state index >= 15 is 0 Å². The molecule has 0 fully saturated rings. The lowest BCUT2D eigenvalue weighted by atomic mass is 10.2. The minimum atomic E-state index is -0.585. The number of anilines is 1. The molecule has 178 valence electrons. The van der Waals surface area contributed by atoms with Crippen molar-refractivity contribution in [3.8, 4) is 17.5 Å². The van der Waals surface area contributed by atoms with E-state index in [4.69, 9.17) is 13.7 Å². The topological polar surface area (TPSA) is 136 Å². The molecule has 0 unspecified atom stereocenters. The van der Waals surface area contributed by atoms with Crippen molar-refractivity contribution in [2.45, 2.75) is 33.2 Å². The smallest absolute Gasteiger partial charge is 0.306 e. The van der Waals surface area contributed by atoms with Crippen molar-refractivity contribution < 1.29 is 23.3 Å². The lowest BCUT2D eigenvalue weighted by Crippen LogP contribution is -2.23. The molecule has 3 aromatic heterocycles. The molecule has 0 aliphatic carbocycles. The van der Waals surface area contributed by atoms with E-state index in [1.54, 1.807) is 23.0 Å². The number of amides is 1. The molecule has 1 N–H and O–H groups in total. The van der Waals surface area contributed by atoms with Crippen LogP contribution in [0, 0.1) is 25.2 Å². The van der Waals surface area contributed by atoms with E-state index in [2.05, 4.69) is 21.5 Å². The van der Waals surface area contributed by atoms with E-state index in [1.165, 1.54) is 0 Å². The molecule has 0 atom stereocenters. The zero-order valence-electron chi connectivity index (χ0n) is 19.3. The van der Waals surface area contributed by atoms with Crippen LogP contribution in [0.15, 0.2) is 57.7 Å². The number of hydrogen-bond donors (Lipinski definition) is 1. The van der Waals surface area contributed by atoms with Crippen molar-refractivity contribution in [3.05, 3.63) is 77.2 Å². The number of benzene rings is 1. The van der Waals surface area contributed by atoms with Crippen molar-refractivity contribution in [1.82, 2.24) is 14.7 Å². The Hall–Kier alpha value is -4.65. The highest BCUT2D eigenvalue weighted by molar-refractivity contribution is 5.93. The van der Waals surface area contributed by atoms with Gasteiger partial charge in [-0.25, -0.2) is 0 Å². The predicted molar refractivity (Wildman–Crippen MR) is 124 cm³/mol. The van der Waals surface area contributed by atoms with Gasteiger partial charge in [-0.3, -0.25) is 9.59 Å². The Morgan fingerprint density at radius 2 is 1.97 bits per heavy atom. The third-order valence-electron chi connectivity index (χ3n) is 5.50. The molecule has 0 aliphatic heterocycles. The molecule has 0 saturated heterocycles. The molecule has 10 heteroatoms. The number of esters is 1. The summed E-state index contributed by atoms with van der Waals surface area (Å²) >= 11 is 0. The maximum atomic E-state index is 12.5. The van der Waals surface area contributed by atoms with E-state index in [0.717, 1.165) is 16.8 Å². The number of ether oxygens (including phenoxy) is 1. The van der Waals surface area contributed by atoms with Gasteiger partial charge in [-0.1, -0.05) is 35.5 Å². The third-order valence-corrected chi connectivity index (χ3v) is 5.50. The molecule has 10 nitrogen and oxygen atoms in total. The van der Waals surface area contributed by atoms with E-state index in [-0.39, 0.29) is 12.8 Å². The van der Waals surface area contributed by atoms with Crippen molar-refractivity contribution in [2.75, 3.05) is 11.9 Å². The average Bonchev–Trinajstić information content (AvgIpc) is 3.60. The molecular weight excluding hydrogens is 450 g/mol. The van der Waals surface area contributed by atoms with E-state index < -0.39 is 18.5 Å². The van der Waals surface area contributed by atoms with Crippen LogP contribution in [0.25, 0.3) is 11.4 Å². The number of nitrogens with zero attached hydrogens (tertiary/aromatic N) is 4. The Kier molecular flexibility index (Phi) is 7.07. The first-order chi connectivity index (χ1) is 17.0. The fraction of sp³-hybridized carbons (Fsp3) is 0.240. The van der Waals surface area contributed by atoms with Gasteiger partial charge in [0.05, 0.1) is 24.8 Å². The van der Waals surface area contributed by atoms with E-state index in [1.807, 2.05) is 44.2 Å². The molecule has 4 aromatic rings. The van der Waals surface area contributed by atoms with Crippen molar-refractivity contribution in [2.24, 2.45) is 0 Å². The van der Waals surface area contributed by atoms with Gasteiger partial charge in [0.2, 0.25) is 11.7 Å². The van der Waals surface area contributed by atoms with Crippen LogP contribution in [0.5, 0.6) is 0 Å². The zero-order chi connectivity index (χ0) is 24.8. The first-order valence-corrected chi connectivity index (χ1v) is 10.9. The summed E-state index contributed by atoms with van der Waals surface area (Å²) in [6.07, 6.45) is 1.71. The fourth-order valence-corrected chi connectivity index (χ4v) is 3.54. The minimum Gasteiger partial charge on any atom is -0.467 e. The number of nitriles is 1. The Labute approximate surface area is 201 Å². The quantitative estimate of drug-likeness (QED) is 0.363. The van der Waals surface area contributed by atoms with Gasteiger partial charge in [-0.15, -0.1) is 0 Å². The van der Waals surface area contributed by atoms with Gasteiger partial charge in [0, 0.05) is 17.7 Å². The Morgan fingerprint density at radius 3 is 2.69 bits per heavy atom. The number of carbonyl (C=O) groups is 2. The molecule has 0 saturated carbocycles. The van der Waals surface area contributed by atoms with E-state index in [0.29, 0.717) is 35.4 Å². The van der Waals surface area contributed by atoms with Gasteiger partial charge >= 0.3 is 5.97 Å². The number of aromatic nitrogens is 3. The summed E-state index contributed by atoms with van der Waals surface area (Å²) in [5.74, 6) is 0.594. The van der Waals surface area contributed by atoms with Crippen LogP contribution in [-0.2, 0) is 27.3 Å². The lowest BCUT2D eigenvalue weighted by Gasteiger charge is -2.12. The van der Waals surface area contributed by atoms with Crippen LogP contribution in [0.2, 0.25) is 0 Å². The molecule has 1 aromatic carbocycles. The van der Waals surface area contributed by atoms with Crippen molar-refractivity contribution in [1.29, 1.82) is 5.26 Å². The summed E-state index contributed by atoms with van der Waals surface area (Å²) in [4.78, 5) is 28.9. The van der Waals surface area contributed by atoms with Crippen molar-refractivity contribution >= 4 is 17.7 Å². The molecule has 0 bridgehead atoms.